The molecule has 2 heterocycles. The topological polar surface area (TPSA) is 59.4 Å². The number of aromatic nitrogens is 1. The molecule has 5 heteroatoms. The van der Waals surface area contributed by atoms with Gasteiger partial charge in [-0.1, -0.05) is 38.3 Å². The molecular weight excluding hydrogens is 412 g/mol. The van der Waals surface area contributed by atoms with Gasteiger partial charge in [-0.3, -0.25) is 14.4 Å². The smallest absolute Gasteiger partial charge is 0.259 e. The van der Waals surface area contributed by atoms with Crippen LogP contribution in [0.1, 0.15) is 88.7 Å². The largest absolute Gasteiger partial charge is 0.342 e. The van der Waals surface area contributed by atoms with Gasteiger partial charge in [-0.05, 0) is 67.5 Å². The fourth-order valence-corrected chi connectivity index (χ4v) is 6.22. The molecule has 1 aliphatic heterocycles. The number of benzene rings is 1. The minimum Gasteiger partial charge on any atom is -0.342 e. The van der Waals surface area contributed by atoms with E-state index in [0.29, 0.717) is 17.7 Å². The van der Waals surface area contributed by atoms with Crippen molar-refractivity contribution in [1.29, 1.82) is 0 Å². The minimum absolute atomic E-state index is 0.0477. The van der Waals surface area contributed by atoms with Crippen LogP contribution >= 0.6 is 0 Å². The first-order valence-corrected chi connectivity index (χ1v) is 13.0. The number of fused-ring (bicyclic) bond motifs is 1. The highest BCUT2D eigenvalue weighted by Crippen LogP contribution is 2.37. The summed E-state index contributed by atoms with van der Waals surface area (Å²) in [7, 11) is 0. The third-order valence-corrected chi connectivity index (χ3v) is 8.18. The van der Waals surface area contributed by atoms with Gasteiger partial charge in [0, 0.05) is 42.9 Å². The van der Waals surface area contributed by atoms with Crippen molar-refractivity contribution in [3.63, 3.8) is 0 Å². The van der Waals surface area contributed by atoms with Crippen LogP contribution in [-0.4, -0.2) is 34.2 Å². The molecule has 3 aliphatic rings. The number of Topliss-reactive ketones (excluding diaryl/α,β-unsaturated/α-hetero) is 1. The number of carbonyl (C=O) groups is 2. The van der Waals surface area contributed by atoms with Crippen LogP contribution in [0.4, 0.5) is 0 Å². The van der Waals surface area contributed by atoms with Gasteiger partial charge in [0.25, 0.3) is 5.56 Å². The van der Waals surface area contributed by atoms with E-state index in [-0.39, 0.29) is 35.1 Å². The van der Waals surface area contributed by atoms with Crippen LogP contribution < -0.4 is 5.56 Å². The zero-order valence-corrected chi connectivity index (χ0v) is 19.8. The molecule has 2 atom stereocenters. The van der Waals surface area contributed by atoms with Gasteiger partial charge < -0.3 is 9.47 Å². The number of likely N-dealkylation sites (tertiary alicyclic amines) is 1. The Labute approximate surface area is 196 Å². The van der Waals surface area contributed by atoms with Gasteiger partial charge in [0.15, 0.2) is 5.78 Å². The second-order valence-electron chi connectivity index (χ2n) is 10.4. The maximum absolute atomic E-state index is 13.7. The molecule has 0 bridgehead atoms. The molecule has 1 saturated heterocycles. The average molecular weight is 449 g/mol. The van der Waals surface area contributed by atoms with Crippen molar-refractivity contribution in [3.05, 3.63) is 46.4 Å². The molecular formula is C28H36N2O3. The van der Waals surface area contributed by atoms with Crippen molar-refractivity contribution in [2.75, 3.05) is 13.1 Å². The lowest BCUT2D eigenvalue weighted by Crippen LogP contribution is -2.40. The molecule has 2 aromatic rings. The number of ketones is 1. The standard InChI is InChI=1S/C28H36N2O3/c1-2-25(31)26(19-8-4-3-5-9-19)30-17-15-23-22(11-6-12-24(23)28(30)33)21-10-7-16-29(18-21)27(32)20-13-14-20/h6,11-12,15,17,19-21,26H,2-5,7-10,13-14,16,18H2,1H3/t21?,26-/m1/s1. The Morgan fingerprint density at radius 2 is 1.76 bits per heavy atom. The molecule has 2 saturated carbocycles. The summed E-state index contributed by atoms with van der Waals surface area (Å²) < 4.78 is 1.73. The maximum atomic E-state index is 13.7. The van der Waals surface area contributed by atoms with Crippen LogP contribution in [0.5, 0.6) is 0 Å². The zero-order chi connectivity index (χ0) is 22.9. The molecule has 1 aromatic carbocycles. The summed E-state index contributed by atoms with van der Waals surface area (Å²) in [5, 5.41) is 1.68. The normalized spacial score (nSPS) is 22.9. The molecule has 5 rings (SSSR count). The monoisotopic (exact) mass is 448 g/mol. The number of nitrogens with zero attached hydrogens (tertiary/aromatic N) is 2. The average Bonchev–Trinajstić information content (AvgIpc) is 3.71. The molecule has 3 fully saturated rings. The number of pyridine rings is 1. The quantitative estimate of drug-likeness (QED) is 0.609. The van der Waals surface area contributed by atoms with Crippen molar-refractivity contribution in [2.45, 2.75) is 83.1 Å². The van der Waals surface area contributed by atoms with E-state index < -0.39 is 0 Å². The van der Waals surface area contributed by atoms with Gasteiger partial charge in [0.2, 0.25) is 5.91 Å². The summed E-state index contributed by atoms with van der Waals surface area (Å²) >= 11 is 0. The van der Waals surface area contributed by atoms with E-state index in [1.807, 2.05) is 36.2 Å². The molecule has 0 radical (unpaired) electrons. The third kappa shape index (κ3) is 4.39. The Balaban J connectivity index is 1.49. The molecule has 0 N–H and O–H groups in total. The van der Waals surface area contributed by atoms with Crippen molar-refractivity contribution >= 4 is 22.5 Å². The van der Waals surface area contributed by atoms with Crippen LogP contribution in [0.3, 0.4) is 0 Å². The van der Waals surface area contributed by atoms with E-state index in [1.165, 1.54) is 12.0 Å². The summed E-state index contributed by atoms with van der Waals surface area (Å²) in [6.07, 6.45) is 12.0. The number of hydrogen-bond donors (Lipinski definition) is 0. The Hall–Kier alpha value is -2.43. The van der Waals surface area contributed by atoms with Crippen LogP contribution in [0, 0.1) is 11.8 Å². The minimum atomic E-state index is -0.350. The van der Waals surface area contributed by atoms with Gasteiger partial charge in [0.1, 0.15) is 0 Å². The first kappa shape index (κ1) is 22.4. The Bertz CT molecular complexity index is 1090. The molecule has 1 aromatic heterocycles. The Morgan fingerprint density at radius 1 is 0.970 bits per heavy atom. The van der Waals surface area contributed by atoms with Crippen LogP contribution in [-0.2, 0) is 9.59 Å². The Kier molecular flexibility index (Phi) is 6.40. The SMILES string of the molecule is CCC(=O)[C@@H](C1CCCCC1)n1ccc2c(C3CCCN(C(=O)C4CC4)C3)cccc2c1=O. The second-order valence-corrected chi connectivity index (χ2v) is 10.4. The molecule has 1 amide bonds. The number of piperidine rings is 1. The first-order valence-electron chi connectivity index (χ1n) is 13.0. The van der Waals surface area contributed by atoms with Crippen molar-refractivity contribution in [2.24, 2.45) is 11.8 Å². The summed E-state index contributed by atoms with van der Waals surface area (Å²) in [6.45, 7) is 3.50. The van der Waals surface area contributed by atoms with E-state index in [9.17, 15) is 14.4 Å². The first-order chi connectivity index (χ1) is 16.1. The Morgan fingerprint density at radius 3 is 2.48 bits per heavy atom. The van der Waals surface area contributed by atoms with Crippen LogP contribution in [0.15, 0.2) is 35.3 Å². The molecule has 5 nitrogen and oxygen atoms in total. The highest BCUT2D eigenvalue weighted by molar-refractivity contribution is 5.87. The van der Waals surface area contributed by atoms with E-state index in [0.717, 1.165) is 69.8 Å². The second kappa shape index (κ2) is 9.44. The van der Waals surface area contributed by atoms with E-state index in [1.54, 1.807) is 4.57 Å². The van der Waals surface area contributed by atoms with Crippen molar-refractivity contribution in [1.82, 2.24) is 9.47 Å². The van der Waals surface area contributed by atoms with Gasteiger partial charge in [0.05, 0.1) is 6.04 Å². The number of rotatable bonds is 6. The molecule has 1 unspecified atom stereocenters. The third-order valence-electron chi connectivity index (χ3n) is 8.18. The van der Waals surface area contributed by atoms with Crippen molar-refractivity contribution < 1.29 is 9.59 Å². The number of amides is 1. The number of hydrogen-bond acceptors (Lipinski definition) is 3. The number of carbonyl (C=O) groups excluding carboxylic acids is 2. The van der Waals surface area contributed by atoms with Gasteiger partial charge in [-0.25, -0.2) is 0 Å². The summed E-state index contributed by atoms with van der Waals surface area (Å²) in [5.74, 6) is 1.24. The van der Waals surface area contributed by atoms with Gasteiger partial charge in [-0.2, -0.15) is 0 Å². The lowest BCUT2D eigenvalue weighted by molar-refractivity contribution is -0.133. The summed E-state index contributed by atoms with van der Waals surface area (Å²) in [6, 6.07) is 7.70. The van der Waals surface area contributed by atoms with E-state index in [4.69, 9.17) is 0 Å². The predicted molar refractivity (Wildman–Crippen MR) is 130 cm³/mol. The maximum Gasteiger partial charge on any atom is 0.259 e. The van der Waals surface area contributed by atoms with Gasteiger partial charge in [-0.15, -0.1) is 0 Å². The molecule has 176 valence electrons. The lowest BCUT2D eigenvalue weighted by atomic mass is 9.81. The van der Waals surface area contributed by atoms with Gasteiger partial charge >= 0.3 is 0 Å². The fraction of sp³-hybridized carbons (Fsp3) is 0.607. The van der Waals surface area contributed by atoms with E-state index >= 15 is 0 Å². The molecule has 33 heavy (non-hydrogen) atoms. The van der Waals surface area contributed by atoms with Crippen LogP contribution in [0.2, 0.25) is 0 Å². The van der Waals surface area contributed by atoms with E-state index in [2.05, 4.69) is 6.07 Å². The van der Waals surface area contributed by atoms with Crippen LogP contribution in [0.25, 0.3) is 10.8 Å². The predicted octanol–water partition coefficient (Wildman–Crippen LogP) is 5.22. The highest BCUT2D eigenvalue weighted by Gasteiger charge is 2.36. The summed E-state index contributed by atoms with van der Waals surface area (Å²) in [4.78, 5) is 41.4. The zero-order valence-electron chi connectivity index (χ0n) is 19.8. The summed E-state index contributed by atoms with van der Waals surface area (Å²) in [5.41, 5.74) is 1.12. The lowest BCUT2D eigenvalue weighted by Gasteiger charge is -2.34. The molecule has 2 aliphatic carbocycles. The molecule has 0 spiro atoms. The van der Waals surface area contributed by atoms with Crippen molar-refractivity contribution in [3.8, 4) is 0 Å². The fourth-order valence-electron chi connectivity index (χ4n) is 6.22. The highest BCUT2D eigenvalue weighted by atomic mass is 16.2.